The van der Waals surface area contributed by atoms with E-state index in [1.54, 1.807) is 18.2 Å². The first-order valence-corrected chi connectivity index (χ1v) is 8.08. The lowest BCUT2D eigenvalue weighted by Gasteiger charge is -1.96. The normalized spacial score (nSPS) is 11.9. The Morgan fingerprint density at radius 1 is 0.600 bits per heavy atom. The highest BCUT2D eigenvalue weighted by molar-refractivity contribution is 6.21. The fourth-order valence-corrected chi connectivity index (χ4v) is 3.81. The minimum absolute atomic E-state index is 0.00495. The van der Waals surface area contributed by atoms with Crippen molar-refractivity contribution in [3.8, 4) is 0 Å². The summed E-state index contributed by atoms with van der Waals surface area (Å²) in [5.41, 5.74) is 0.427. The number of hydrogen-bond acceptors (Lipinski definition) is 3. The summed E-state index contributed by atoms with van der Waals surface area (Å²) in [6, 6.07) is 16.3. The Kier molecular flexibility index (Phi) is 2.59. The molecule has 0 saturated heterocycles. The third kappa shape index (κ3) is 1.72. The highest BCUT2D eigenvalue weighted by Crippen LogP contribution is 2.32. The number of Topliss-reactive ketones (excluding diaryl/α,β-unsaturated/α-hetero) is 1. The molecule has 0 amide bonds. The number of benzene rings is 3. The molecule has 0 saturated carbocycles. The lowest BCUT2D eigenvalue weighted by Crippen LogP contribution is -1.97. The monoisotopic (exact) mass is 324 g/mol. The quantitative estimate of drug-likeness (QED) is 0.436. The van der Waals surface area contributed by atoms with Crippen molar-refractivity contribution in [3.05, 3.63) is 80.6 Å². The van der Waals surface area contributed by atoms with Crippen LogP contribution < -0.4 is 10.9 Å². The first kappa shape index (κ1) is 14.1. The van der Waals surface area contributed by atoms with Gasteiger partial charge in [-0.3, -0.25) is 14.4 Å². The molecule has 3 heteroatoms. The first-order valence-electron chi connectivity index (χ1n) is 8.08. The van der Waals surface area contributed by atoms with Crippen LogP contribution in [0.1, 0.15) is 17.3 Å². The van der Waals surface area contributed by atoms with E-state index in [2.05, 4.69) is 0 Å². The van der Waals surface area contributed by atoms with E-state index in [1.807, 2.05) is 36.4 Å². The van der Waals surface area contributed by atoms with Crippen LogP contribution in [0.2, 0.25) is 0 Å². The van der Waals surface area contributed by atoms with Gasteiger partial charge in [-0.05, 0) is 46.7 Å². The van der Waals surface area contributed by atoms with Crippen molar-refractivity contribution < 1.29 is 4.79 Å². The van der Waals surface area contributed by atoms with E-state index in [9.17, 15) is 14.4 Å². The van der Waals surface area contributed by atoms with Crippen LogP contribution in [0.4, 0.5) is 0 Å². The SMILES string of the molecule is CC(=O)c1ccc2c(c1)c(=O)c1cc3c(cc12)c(=O)c1ccccc13. The zero-order valence-corrected chi connectivity index (χ0v) is 13.4. The summed E-state index contributed by atoms with van der Waals surface area (Å²) in [7, 11) is 0. The Morgan fingerprint density at radius 3 is 1.76 bits per heavy atom. The highest BCUT2D eigenvalue weighted by atomic mass is 16.1. The maximum absolute atomic E-state index is 12.9. The maximum atomic E-state index is 12.9. The van der Waals surface area contributed by atoms with Gasteiger partial charge in [-0.1, -0.05) is 36.4 Å². The van der Waals surface area contributed by atoms with Gasteiger partial charge >= 0.3 is 0 Å². The second kappa shape index (κ2) is 4.61. The molecule has 0 aromatic heterocycles. The zero-order chi connectivity index (χ0) is 17.3. The molecule has 0 atom stereocenters. The third-order valence-corrected chi connectivity index (χ3v) is 5.07. The molecule has 3 nitrogen and oxygen atoms in total. The molecule has 0 radical (unpaired) electrons. The minimum Gasteiger partial charge on any atom is -0.295 e. The van der Waals surface area contributed by atoms with E-state index in [1.165, 1.54) is 6.92 Å². The molecular weight excluding hydrogens is 312 g/mol. The fourth-order valence-electron chi connectivity index (χ4n) is 3.81. The molecule has 118 valence electrons. The number of hydrogen-bond donors (Lipinski definition) is 0. The second-order valence-corrected chi connectivity index (χ2v) is 6.46. The number of fused-ring (bicyclic) bond motifs is 6. The Hall–Kier alpha value is -3.33. The largest absolute Gasteiger partial charge is 0.295 e. The van der Waals surface area contributed by atoms with Crippen molar-refractivity contribution in [1.29, 1.82) is 0 Å². The molecular formula is C22H12O3. The molecule has 25 heavy (non-hydrogen) atoms. The Labute approximate surface area is 141 Å². The smallest absolute Gasteiger partial charge is 0.194 e. The van der Waals surface area contributed by atoms with Gasteiger partial charge in [0.25, 0.3) is 0 Å². The molecule has 5 rings (SSSR count). The van der Waals surface area contributed by atoms with Crippen molar-refractivity contribution in [2.75, 3.05) is 0 Å². The Balaban J connectivity index is 2.03. The molecule has 0 N–H and O–H groups in total. The predicted octanol–water partition coefficient (Wildman–Crippen LogP) is 4.10. The third-order valence-electron chi connectivity index (χ3n) is 5.07. The molecule has 0 heterocycles. The van der Waals surface area contributed by atoms with Gasteiger partial charge in [0.15, 0.2) is 16.6 Å². The molecule has 0 unspecified atom stereocenters. The van der Waals surface area contributed by atoms with Crippen LogP contribution in [0.25, 0.3) is 43.1 Å². The summed E-state index contributed by atoms with van der Waals surface area (Å²) in [6.07, 6.45) is 0. The van der Waals surface area contributed by atoms with E-state index in [0.29, 0.717) is 27.1 Å². The lowest BCUT2D eigenvalue weighted by atomic mass is 10.1. The highest BCUT2D eigenvalue weighted by Gasteiger charge is 2.16. The van der Waals surface area contributed by atoms with E-state index in [4.69, 9.17) is 0 Å². The van der Waals surface area contributed by atoms with Crippen LogP contribution in [-0.4, -0.2) is 5.78 Å². The Morgan fingerprint density at radius 2 is 1.12 bits per heavy atom. The summed E-state index contributed by atoms with van der Waals surface area (Å²) < 4.78 is 0. The average Bonchev–Trinajstić information content (AvgIpc) is 3.07. The maximum Gasteiger partial charge on any atom is 0.194 e. The van der Waals surface area contributed by atoms with Crippen molar-refractivity contribution in [1.82, 2.24) is 0 Å². The van der Waals surface area contributed by atoms with Gasteiger partial charge in [-0.25, -0.2) is 0 Å². The summed E-state index contributed by atoms with van der Waals surface area (Å²) in [5, 5.41) is 5.69. The predicted molar refractivity (Wildman–Crippen MR) is 101 cm³/mol. The van der Waals surface area contributed by atoms with Crippen LogP contribution in [-0.2, 0) is 0 Å². The van der Waals surface area contributed by atoms with Gasteiger partial charge in [-0.15, -0.1) is 0 Å². The zero-order valence-electron chi connectivity index (χ0n) is 13.4. The second-order valence-electron chi connectivity index (χ2n) is 6.46. The number of rotatable bonds is 1. The van der Waals surface area contributed by atoms with Gasteiger partial charge in [0.2, 0.25) is 0 Å². The molecule has 5 aromatic carbocycles. The topological polar surface area (TPSA) is 51.2 Å². The molecule has 0 aliphatic rings. The van der Waals surface area contributed by atoms with Gasteiger partial charge in [0.05, 0.1) is 0 Å². The fraction of sp³-hybridized carbons (Fsp3) is 0.0455. The molecule has 5 aromatic rings. The lowest BCUT2D eigenvalue weighted by molar-refractivity contribution is 0.101. The molecule has 0 fully saturated rings. The van der Waals surface area contributed by atoms with Crippen LogP contribution in [0.15, 0.2) is 64.2 Å². The van der Waals surface area contributed by atoms with Crippen LogP contribution in [0, 0.1) is 0 Å². The number of carbonyl (C=O) groups is 1. The van der Waals surface area contributed by atoms with Crippen LogP contribution in [0.3, 0.4) is 0 Å². The summed E-state index contributed by atoms with van der Waals surface area (Å²) in [6.45, 7) is 1.48. The summed E-state index contributed by atoms with van der Waals surface area (Å²) >= 11 is 0. The van der Waals surface area contributed by atoms with E-state index < -0.39 is 0 Å². The number of ketones is 1. The average molecular weight is 324 g/mol. The van der Waals surface area contributed by atoms with E-state index in [0.717, 1.165) is 21.5 Å². The van der Waals surface area contributed by atoms with Crippen molar-refractivity contribution >= 4 is 48.9 Å². The van der Waals surface area contributed by atoms with Gasteiger partial charge < -0.3 is 0 Å². The first-order chi connectivity index (χ1) is 12.1. The van der Waals surface area contributed by atoms with Crippen LogP contribution in [0.5, 0.6) is 0 Å². The van der Waals surface area contributed by atoms with Crippen molar-refractivity contribution in [2.45, 2.75) is 6.92 Å². The van der Waals surface area contributed by atoms with Crippen LogP contribution >= 0.6 is 0 Å². The van der Waals surface area contributed by atoms with Crippen molar-refractivity contribution in [3.63, 3.8) is 0 Å². The van der Waals surface area contributed by atoms with E-state index in [-0.39, 0.29) is 16.6 Å². The molecule has 0 aliphatic carbocycles. The standard InChI is InChI=1S/C22H12O3/c1-11(23)12-6-7-14-17-10-19-16(9-20(17)22(25)18(14)8-12)13-4-2-3-5-15(13)21(19)24/h2-10H,1H3. The molecule has 0 aliphatic heterocycles. The van der Waals surface area contributed by atoms with Gasteiger partial charge in [0, 0.05) is 27.1 Å². The Bertz CT molecular complexity index is 1450. The molecule has 0 bridgehead atoms. The summed E-state index contributed by atoms with van der Waals surface area (Å²) in [4.78, 5) is 37.2. The molecule has 0 spiro atoms. The van der Waals surface area contributed by atoms with Crippen molar-refractivity contribution in [2.24, 2.45) is 0 Å². The minimum atomic E-state index is -0.0901. The van der Waals surface area contributed by atoms with Gasteiger partial charge in [-0.2, -0.15) is 0 Å². The van der Waals surface area contributed by atoms with E-state index >= 15 is 0 Å². The summed E-state index contributed by atoms with van der Waals surface area (Å²) in [5.74, 6) is -0.0712. The van der Waals surface area contributed by atoms with Gasteiger partial charge in [0.1, 0.15) is 0 Å². The number of carbonyl (C=O) groups excluding carboxylic acids is 1.